The maximum absolute atomic E-state index is 11.8. The topological polar surface area (TPSA) is 75.0 Å². The van der Waals surface area contributed by atoms with Crippen molar-refractivity contribution < 1.29 is 0 Å². The van der Waals surface area contributed by atoms with Crippen LogP contribution in [0.1, 0.15) is 51.3 Å². The number of aromatic amines is 1. The van der Waals surface area contributed by atoms with Gasteiger partial charge in [-0.15, -0.1) is 0 Å². The normalized spacial score (nSPS) is 15.6. The molecule has 106 valence electrons. The maximum atomic E-state index is 11.8. The summed E-state index contributed by atoms with van der Waals surface area (Å²) < 4.78 is 0. The van der Waals surface area contributed by atoms with Crippen LogP contribution in [0.15, 0.2) is 10.9 Å². The summed E-state index contributed by atoms with van der Waals surface area (Å²) in [5.41, 5.74) is 5.54. The van der Waals surface area contributed by atoms with E-state index in [4.69, 9.17) is 5.73 Å². The fraction of sp³-hybridized carbons (Fsp3) is 0.714. The molecule has 0 atom stereocenters. The first-order valence-corrected chi connectivity index (χ1v) is 7.19. The molecule has 3 N–H and O–H groups in total. The fourth-order valence-electron chi connectivity index (χ4n) is 2.33. The Hall–Kier alpha value is -1.36. The molecule has 5 heteroatoms. The lowest BCUT2D eigenvalue weighted by atomic mass is 9.91. The second kappa shape index (κ2) is 6.19. The number of anilines is 1. The Morgan fingerprint density at radius 2 is 2.26 bits per heavy atom. The predicted octanol–water partition coefficient (Wildman–Crippen LogP) is 1.60. The molecule has 5 nitrogen and oxygen atoms in total. The Morgan fingerprint density at radius 3 is 2.79 bits per heavy atom. The Morgan fingerprint density at radius 1 is 1.53 bits per heavy atom. The summed E-state index contributed by atoms with van der Waals surface area (Å²) in [5.74, 6) is 1.80. The number of nitrogens with zero attached hydrogens (tertiary/aromatic N) is 2. The minimum absolute atomic E-state index is 0.0641. The van der Waals surface area contributed by atoms with E-state index in [0.717, 1.165) is 24.6 Å². The average molecular weight is 264 g/mol. The Balaban J connectivity index is 2.26. The number of hydrogen-bond donors (Lipinski definition) is 2. The van der Waals surface area contributed by atoms with Gasteiger partial charge in [-0.25, -0.2) is 4.98 Å². The standard InChI is InChI=1S/C14H24N4O/c1-10(2)14-16-12(9-13(19)17-14)18(8-4-7-15)11-5-3-6-11/h9-11H,3-8,15H2,1-2H3,(H,16,17,19). The van der Waals surface area contributed by atoms with Crippen molar-refractivity contribution in [2.45, 2.75) is 51.5 Å². The smallest absolute Gasteiger partial charge is 0.252 e. The van der Waals surface area contributed by atoms with Crippen LogP contribution in [0.2, 0.25) is 0 Å². The van der Waals surface area contributed by atoms with Gasteiger partial charge in [0.2, 0.25) is 0 Å². The van der Waals surface area contributed by atoms with Crippen LogP contribution in [0.25, 0.3) is 0 Å². The first-order chi connectivity index (χ1) is 9.11. The lowest BCUT2D eigenvalue weighted by Gasteiger charge is -2.38. The number of H-pyrrole nitrogens is 1. The summed E-state index contributed by atoms with van der Waals surface area (Å²) in [6, 6.07) is 2.14. The second-order valence-electron chi connectivity index (χ2n) is 5.56. The van der Waals surface area contributed by atoms with Crippen molar-refractivity contribution in [2.24, 2.45) is 5.73 Å². The van der Waals surface area contributed by atoms with Crippen molar-refractivity contribution in [1.82, 2.24) is 9.97 Å². The molecule has 0 saturated heterocycles. The highest BCUT2D eigenvalue weighted by atomic mass is 16.1. The molecule has 1 aromatic rings. The molecule has 0 unspecified atom stereocenters. The number of nitrogens with one attached hydrogen (secondary N) is 1. The van der Waals surface area contributed by atoms with Gasteiger partial charge in [-0.2, -0.15) is 0 Å². The molecule has 1 saturated carbocycles. The van der Waals surface area contributed by atoms with Crippen molar-refractivity contribution in [3.63, 3.8) is 0 Å². The number of hydrogen-bond acceptors (Lipinski definition) is 4. The largest absolute Gasteiger partial charge is 0.353 e. The quantitative estimate of drug-likeness (QED) is 0.818. The minimum Gasteiger partial charge on any atom is -0.353 e. The highest BCUT2D eigenvalue weighted by molar-refractivity contribution is 5.40. The van der Waals surface area contributed by atoms with Gasteiger partial charge in [0.15, 0.2) is 0 Å². The maximum Gasteiger partial charge on any atom is 0.252 e. The van der Waals surface area contributed by atoms with Crippen LogP contribution in [0.4, 0.5) is 5.82 Å². The van der Waals surface area contributed by atoms with Gasteiger partial charge in [-0.3, -0.25) is 4.79 Å². The highest BCUT2D eigenvalue weighted by Gasteiger charge is 2.26. The molecule has 0 aliphatic heterocycles. The fourth-order valence-corrected chi connectivity index (χ4v) is 2.33. The highest BCUT2D eigenvalue weighted by Crippen LogP contribution is 2.28. The van der Waals surface area contributed by atoms with Crippen LogP contribution in [-0.2, 0) is 0 Å². The van der Waals surface area contributed by atoms with Gasteiger partial charge < -0.3 is 15.6 Å². The summed E-state index contributed by atoms with van der Waals surface area (Å²) in [4.78, 5) is 21.5. The monoisotopic (exact) mass is 264 g/mol. The van der Waals surface area contributed by atoms with Crippen LogP contribution in [0.5, 0.6) is 0 Å². The van der Waals surface area contributed by atoms with Gasteiger partial charge >= 0.3 is 0 Å². The lowest BCUT2D eigenvalue weighted by Crippen LogP contribution is -2.42. The molecular weight excluding hydrogens is 240 g/mol. The molecular formula is C14H24N4O. The van der Waals surface area contributed by atoms with E-state index in [-0.39, 0.29) is 11.5 Å². The van der Waals surface area contributed by atoms with Gasteiger partial charge in [0, 0.05) is 24.6 Å². The van der Waals surface area contributed by atoms with Gasteiger partial charge in [0.05, 0.1) is 0 Å². The first-order valence-electron chi connectivity index (χ1n) is 7.19. The molecule has 0 spiro atoms. The van der Waals surface area contributed by atoms with Crippen molar-refractivity contribution in [1.29, 1.82) is 0 Å². The van der Waals surface area contributed by atoms with Gasteiger partial charge in [0.25, 0.3) is 5.56 Å². The summed E-state index contributed by atoms with van der Waals surface area (Å²) in [7, 11) is 0. The van der Waals surface area contributed by atoms with Crippen LogP contribution in [-0.4, -0.2) is 29.1 Å². The van der Waals surface area contributed by atoms with Gasteiger partial charge in [-0.1, -0.05) is 13.8 Å². The molecule has 1 fully saturated rings. The number of rotatable bonds is 6. The SMILES string of the molecule is CC(C)c1nc(N(CCCN)C2CCC2)cc(=O)[nH]1. The first kappa shape index (κ1) is 14.1. The molecule has 0 bridgehead atoms. The zero-order valence-electron chi connectivity index (χ0n) is 11.9. The van der Waals surface area contributed by atoms with Crippen LogP contribution in [0.3, 0.4) is 0 Å². The van der Waals surface area contributed by atoms with E-state index in [2.05, 4.69) is 14.9 Å². The third-order valence-corrected chi connectivity index (χ3v) is 3.71. The third-order valence-electron chi connectivity index (χ3n) is 3.71. The lowest BCUT2D eigenvalue weighted by molar-refractivity contribution is 0.382. The Labute approximate surface area is 114 Å². The van der Waals surface area contributed by atoms with Crippen molar-refractivity contribution in [2.75, 3.05) is 18.0 Å². The number of nitrogens with two attached hydrogens (primary N) is 1. The van der Waals surface area contributed by atoms with E-state index in [1.54, 1.807) is 6.07 Å². The van der Waals surface area contributed by atoms with Crippen molar-refractivity contribution >= 4 is 5.82 Å². The van der Waals surface area contributed by atoms with E-state index in [1.807, 2.05) is 13.8 Å². The molecule has 1 aliphatic carbocycles. The second-order valence-corrected chi connectivity index (χ2v) is 5.56. The van der Waals surface area contributed by atoms with Crippen LogP contribution >= 0.6 is 0 Å². The summed E-state index contributed by atoms with van der Waals surface area (Å²) in [5, 5.41) is 0. The molecule has 2 rings (SSSR count). The summed E-state index contributed by atoms with van der Waals surface area (Å²) in [6.45, 7) is 5.63. The molecule has 19 heavy (non-hydrogen) atoms. The zero-order chi connectivity index (χ0) is 13.8. The average Bonchev–Trinajstić information content (AvgIpc) is 2.31. The van der Waals surface area contributed by atoms with Gasteiger partial charge in [0.1, 0.15) is 11.6 Å². The Bertz CT molecular complexity index is 465. The summed E-state index contributed by atoms with van der Waals surface area (Å²) in [6.07, 6.45) is 4.58. The van der Waals surface area contributed by atoms with Crippen molar-refractivity contribution in [3.05, 3.63) is 22.2 Å². The van der Waals surface area contributed by atoms with E-state index in [9.17, 15) is 4.79 Å². The predicted molar refractivity (Wildman–Crippen MR) is 77.6 cm³/mol. The molecule has 0 amide bonds. The Kier molecular flexibility index (Phi) is 4.58. The van der Waals surface area contributed by atoms with Gasteiger partial charge in [-0.05, 0) is 32.2 Å². The third kappa shape index (κ3) is 3.35. The molecule has 1 aliphatic rings. The minimum atomic E-state index is -0.0641. The van der Waals surface area contributed by atoms with Crippen molar-refractivity contribution in [3.8, 4) is 0 Å². The molecule has 0 aromatic carbocycles. The van der Waals surface area contributed by atoms with E-state index >= 15 is 0 Å². The molecule has 1 heterocycles. The molecule has 0 radical (unpaired) electrons. The molecule has 1 aromatic heterocycles. The van der Waals surface area contributed by atoms with E-state index in [0.29, 0.717) is 12.6 Å². The zero-order valence-corrected chi connectivity index (χ0v) is 11.9. The van der Waals surface area contributed by atoms with E-state index < -0.39 is 0 Å². The van der Waals surface area contributed by atoms with Crippen LogP contribution < -0.4 is 16.2 Å². The summed E-state index contributed by atoms with van der Waals surface area (Å²) >= 11 is 0. The number of aromatic nitrogens is 2. The van der Waals surface area contributed by atoms with E-state index in [1.165, 1.54) is 19.3 Å². The van der Waals surface area contributed by atoms with Crippen LogP contribution in [0, 0.1) is 0 Å².